The fraction of sp³-hybridized carbons (Fsp3) is 0.636. The minimum absolute atomic E-state index is 0.0271. The SMILES string of the molecule is COc1ccc(CNC(=O)CCC(=O)OCC(=O)[C@@]2(O)CC[C@@H]3[C@@H]4CCC5=CC(=O)CC[C@]5(C)[C@@H]4CC[C@@]32C)cc1. The van der Waals surface area contributed by atoms with Gasteiger partial charge in [-0.2, -0.15) is 0 Å². The third-order valence-corrected chi connectivity index (χ3v) is 11.1. The van der Waals surface area contributed by atoms with Crippen molar-refractivity contribution in [2.24, 2.45) is 28.6 Å². The number of carbonyl (C=O) groups is 4. The summed E-state index contributed by atoms with van der Waals surface area (Å²) in [6, 6.07) is 7.33. The van der Waals surface area contributed by atoms with Crippen LogP contribution in [0.1, 0.15) is 83.6 Å². The summed E-state index contributed by atoms with van der Waals surface area (Å²) in [4.78, 5) is 50.1. The molecule has 8 nitrogen and oxygen atoms in total. The Morgan fingerprint density at radius 3 is 2.44 bits per heavy atom. The fourth-order valence-corrected chi connectivity index (χ4v) is 8.62. The molecule has 0 saturated heterocycles. The Morgan fingerprint density at radius 2 is 1.71 bits per heavy atom. The zero-order chi connectivity index (χ0) is 29.4. The van der Waals surface area contributed by atoms with E-state index in [0.29, 0.717) is 31.2 Å². The molecule has 3 fully saturated rings. The number of amides is 1. The molecule has 0 spiro atoms. The van der Waals surface area contributed by atoms with Gasteiger partial charge >= 0.3 is 5.97 Å². The molecule has 8 heteroatoms. The molecule has 3 saturated carbocycles. The van der Waals surface area contributed by atoms with E-state index in [-0.39, 0.29) is 35.9 Å². The number of rotatable bonds is 9. The summed E-state index contributed by atoms with van der Waals surface area (Å²) in [5, 5.41) is 14.6. The molecular weight excluding hydrogens is 522 g/mol. The molecule has 222 valence electrons. The Labute approximate surface area is 242 Å². The van der Waals surface area contributed by atoms with Crippen molar-refractivity contribution in [2.75, 3.05) is 13.7 Å². The van der Waals surface area contributed by atoms with Crippen molar-refractivity contribution in [1.82, 2.24) is 5.32 Å². The summed E-state index contributed by atoms with van der Waals surface area (Å²) in [7, 11) is 1.59. The number of ketones is 2. The van der Waals surface area contributed by atoms with Gasteiger partial charge in [0.15, 0.2) is 12.4 Å². The number of hydrogen-bond acceptors (Lipinski definition) is 7. The van der Waals surface area contributed by atoms with Gasteiger partial charge in [-0.3, -0.25) is 19.2 Å². The second kappa shape index (κ2) is 11.3. The van der Waals surface area contributed by atoms with Crippen molar-refractivity contribution in [1.29, 1.82) is 0 Å². The second-order valence-electron chi connectivity index (χ2n) is 13.0. The highest BCUT2D eigenvalue weighted by molar-refractivity contribution is 5.92. The van der Waals surface area contributed by atoms with Crippen LogP contribution in [0.2, 0.25) is 0 Å². The molecule has 4 aliphatic rings. The number of nitrogens with one attached hydrogen (secondary N) is 1. The maximum atomic E-state index is 13.4. The van der Waals surface area contributed by atoms with Crippen molar-refractivity contribution < 1.29 is 33.8 Å². The quantitative estimate of drug-likeness (QED) is 0.424. The van der Waals surface area contributed by atoms with Crippen LogP contribution in [0.25, 0.3) is 0 Å². The number of allylic oxidation sites excluding steroid dienone is 1. The molecule has 0 unspecified atom stereocenters. The van der Waals surface area contributed by atoms with Crippen LogP contribution in [-0.2, 0) is 30.5 Å². The van der Waals surface area contributed by atoms with Crippen molar-refractivity contribution >= 4 is 23.4 Å². The van der Waals surface area contributed by atoms with E-state index in [1.165, 1.54) is 5.57 Å². The Hall–Kier alpha value is -3.00. The van der Waals surface area contributed by atoms with Gasteiger partial charge in [0.25, 0.3) is 0 Å². The number of carbonyl (C=O) groups excluding carboxylic acids is 4. The highest BCUT2D eigenvalue weighted by Gasteiger charge is 2.66. The average Bonchev–Trinajstić information content (AvgIpc) is 3.25. The lowest BCUT2D eigenvalue weighted by Gasteiger charge is -2.58. The molecule has 0 radical (unpaired) electrons. The second-order valence-corrected chi connectivity index (χ2v) is 13.0. The molecule has 4 aliphatic carbocycles. The molecule has 0 bridgehead atoms. The molecule has 41 heavy (non-hydrogen) atoms. The van der Waals surface area contributed by atoms with Crippen LogP contribution in [0.5, 0.6) is 5.75 Å². The maximum Gasteiger partial charge on any atom is 0.306 e. The van der Waals surface area contributed by atoms with Crippen LogP contribution in [0.4, 0.5) is 0 Å². The van der Waals surface area contributed by atoms with Gasteiger partial charge in [0.1, 0.15) is 11.4 Å². The van der Waals surface area contributed by atoms with E-state index in [9.17, 15) is 24.3 Å². The monoisotopic (exact) mass is 565 g/mol. The molecule has 1 aromatic carbocycles. The largest absolute Gasteiger partial charge is 0.497 e. The highest BCUT2D eigenvalue weighted by Crippen LogP contribution is 2.67. The summed E-state index contributed by atoms with van der Waals surface area (Å²) >= 11 is 0. The first-order valence-electron chi connectivity index (χ1n) is 15.0. The minimum Gasteiger partial charge on any atom is -0.497 e. The number of esters is 1. The van der Waals surface area contributed by atoms with E-state index < -0.39 is 29.4 Å². The number of aliphatic hydroxyl groups is 1. The third-order valence-electron chi connectivity index (χ3n) is 11.1. The van der Waals surface area contributed by atoms with E-state index in [1.807, 2.05) is 37.3 Å². The van der Waals surface area contributed by atoms with Gasteiger partial charge in [0.2, 0.25) is 11.7 Å². The van der Waals surface area contributed by atoms with Gasteiger partial charge in [-0.25, -0.2) is 0 Å². The van der Waals surface area contributed by atoms with Crippen LogP contribution in [0.15, 0.2) is 35.9 Å². The molecule has 5 rings (SSSR count). The van der Waals surface area contributed by atoms with Crippen LogP contribution in [0.3, 0.4) is 0 Å². The van der Waals surface area contributed by atoms with Crippen molar-refractivity contribution in [3.8, 4) is 5.75 Å². The average molecular weight is 566 g/mol. The molecule has 0 aliphatic heterocycles. The summed E-state index contributed by atoms with van der Waals surface area (Å²) in [6.45, 7) is 4.22. The lowest BCUT2D eigenvalue weighted by molar-refractivity contribution is -0.170. The maximum absolute atomic E-state index is 13.4. The van der Waals surface area contributed by atoms with Crippen molar-refractivity contribution in [3.05, 3.63) is 41.5 Å². The normalized spacial score (nSPS) is 34.0. The lowest BCUT2D eigenvalue weighted by atomic mass is 9.46. The van der Waals surface area contributed by atoms with E-state index >= 15 is 0 Å². The van der Waals surface area contributed by atoms with Crippen LogP contribution >= 0.6 is 0 Å². The number of methoxy groups -OCH3 is 1. The molecular formula is C33H43NO7. The number of benzene rings is 1. The standard InChI is InChI=1S/C33H43NO7/c1-31-15-12-23(35)18-22(31)6-9-25-26(31)13-16-32(2)27(25)14-17-33(32,39)28(36)20-41-30(38)11-10-29(37)34-19-21-4-7-24(40-3)8-5-21/h4-5,7-8,18,25-27,39H,6,9-17,19-20H2,1-3H3,(H,34,37)/t25-,26-,27-,31+,32+,33+/m1/s1. The first-order chi connectivity index (χ1) is 19.5. The van der Waals surface area contributed by atoms with Gasteiger partial charge in [-0.1, -0.05) is 31.6 Å². The predicted octanol–water partition coefficient (Wildman–Crippen LogP) is 4.47. The zero-order valence-corrected chi connectivity index (χ0v) is 24.5. The minimum atomic E-state index is -1.53. The predicted molar refractivity (Wildman–Crippen MR) is 152 cm³/mol. The van der Waals surface area contributed by atoms with Gasteiger partial charge in [0, 0.05) is 24.8 Å². The lowest BCUT2D eigenvalue weighted by Crippen LogP contribution is -2.58. The van der Waals surface area contributed by atoms with Crippen LogP contribution in [0, 0.1) is 28.6 Å². The molecule has 1 aromatic rings. The number of fused-ring (bicyclic) bond motifs is 5. The van der Waals surface area contributed by atoms with Crippen LogP contribution in [-0.4, -0.2) is 47.9 Å². The molecule has 0 aromatic heterocycles. The summed E-state index contributed by atoms with van der Waals surface area (Å²) in [5.41, 5.74) is 0.133. The Kier molecular flexibility index (Phi) is 8.16. The van der Waals surface area contributed by atoms with E-state index in [2.05, 4.69) is 12.2 Å². The summed E-state index contributed by atoms with van der Waals surface area (Å²) in [5.74, 6) is 0.698. The first-order valence-corrected chi connectivity index (χ1v) is 15.0. The van der Waals surface area contributed by atoms with E-state index in [1.54, 1.807) is 7.11 Å². The van der Waals surface area contributed by atoms with Gasteiger partial charge in [-0.05, 0) is 91.9 Å². The zero-order valence-electron chi connectivity index (χ0n) is 24.5. The summed E-state index contributed by atoms with van der Waals surface area (Å²) in [6.07, 6.45) is 7.90. The van der Waals surface area contributed by atoms with Gasteiger partial charge in [-0.15, -0.1) is 0 Å². The fourth-order valence-electron chi connectivity index (χ4n) is 8.62. The van der Waals surface area contributed by atoms with E-state index in [0.717, 1.165) is 49.8 Å². The summed E-state index contributed by atoms with van der Waals surface area (Å²) < 4.78 is 10.4. The van der Waals surface area contributed by atoms with Crippen molar-refractivity contribution in [2.45, 2.75) is 90.2 Å². The molecule has 0 heterocycles. The third kappa shape index (κ3) is 5.36. The van der Waals surface area contributed by atoms with Gasteiger partial charge in [0.05, 0.1) is 13.5 Å². The Morgan fingerprint density at radius 1 is 0.976 bits per heavy atom. The molecule has 2 N–H and O–H groups in total. The Balaban J connectivity index is 1.12. The topological polar surface area (TPSA) is 119 Å². The molecule has 6 atom stereocenters. The van der Waals surface area contributed by atoms with Gasteiger partial charge < -0.3 is 19.9 Å². The number of ether oxygens (including phenoxy) is 2. The number of Topliss-reactive ketones (excluding diaryl/α,β-unsaturated/α-hetero) is 1. The highest BCUT2D eigenvalue weighted by atomic mass is 16.5. The van der Waals surface area contributed by atoms with E-state index in [4.69, 9.17) is 9.47 Å². The Bertz CT molecular complexity index is 1240. The first kappa shape index (κ1) is 29.5. The van der Waals surface area contributed by atoms with Crippen LogP contribution < -0.4 is 10.1 Å². The molecule has 1 amide bonds. The smallest absolute Gasteiger partial charge is 0.306 e. The van der Waals surface area contributed by atoms with Crippen molar-refractivity contribution in [3.63, 3.8) is 0 Å². The number of hydrogen-bond donors (Lipinski definition) is 2.